The van der Waals surface area contributed by atoms with Crippen LogP contribution in [0.3, 0.4) is 0 Å². The fourth-order valence-corrected chi connectivity index (χ4v) is 3.58. The molecule has 158 valence electrons. The molecule has 0 aliphatic rings. The van der Waals surface area contributed by atoms with Gasteiger partial charge in [-0.2, -0.15) is 0 Å². The molecule has 0 aliphatic heterocycles. The highest BCUT2D eigenvalue weighted by atomic mass is 32.2. The molecule has 1 aromatic heterocycles. The van der Waals surface area contributed by atoms with Crippen LogP contribution in [0.15, 0.2) is 53.7 Å². The summed E-state index contributed by atoms with van der Waals surface area (Å²) in [5.41, 5.74) is 1.97. The Hall–Kier alpha value is -3.00. The van der Waals surface area contributed by atoms with Crippen molar-refractivity contribution in [2.24, 2.45) is 7.05 Å². The molecule has 0 saturated carbocycles. The zero-order valence-electron chi connectivity index (χ0n) is 17.6. The monoisotopic (exact) mass is 426 g/mol. The lowest BCUT2D eigenvalue weighted by atomic mass is 10.0. The number of carbonyl (C=O) groups excluding carboxylic acids is 1. The molecule has 0 fully saturated rings. The van der Waals surface area contributed by atoms with Crippen molar-refractivity contribution in [3.63, 3.8) is 0 Å². The van der Waals surface area contributed by atoms with Crippen molar-refractivity contribution in [3.8, 4) is 11.5 Å². The Morgan fingerprint density at radius 3 is 2.50 bits per heavy atom. The van der Waals surface area contributed by atoms with Crippen LogP contribution in [0, 0.1) is 0 Å². The normalized spacial score (nSPS) is 10.8. The Labute approximate surface area is 180 Å². The molecule has 0 aliphatic carbocycles. The predicted molar refractivity (Wildman–Crippen MR) is 118 cm³/mol. The molecule has 0 unspecified atom stereocenters. The summed E-state index contributed by atoms with van der Waals surface area (Å²) in [6.07, 6.45) is 0. The Morgan fingerprint density at radius 1 is 1.10 bits per heavy atom. The third-order valence-electron chi connectivity index (χ3n) is 4.54. The number of para-hydroxylation sites is 1. The summed E-state index contributed by atoms with van der Waals surface area (Å²) in [6.45, 7) is 4.49. The summed E-state index contributed by atoms with van der Waals surface area (Å²) in [5.74, 6) is 2.68. The van der Waals surface area contributed by atoms with Gasteiger partial charge in [0.05, 0.1) is 12.9 Å². The number of ether oxygens (including phenoxy) is 2. The van der Waals surface area contributed by atoms with Gasteiger partial charge in [0.2, 0.25) is 5.91 Å². The lowest BCUT2D eigenvalue weighted by Crippen LogP contribution is -2.16. The third-order valence-corrected chi connectivity index (χ3v) is 5.56. The van der Waals surface area contributed by atoms with Crippen molar-refractivity contribution in [1.29, 1.82) is 0 Å². The van der Waals surface area contributed by atoms with E-state index in [9.17, 15) is 4.79 Å². The van der Waals surface area contributed by atoms with Gasteiger partial charge in [-0.15, -0.1) is 10.2 Å². The van der Waals surface area contributed by atoms with E-state index in [1.807, 2.05) is 60.1 Å². The maximum atomic E-state index is 12.4. The molecule has 0 radical (unpaired) electrons. The predicted octanol–water partition coefficient (Wildman–Crippen LogP) is 4.26. The van der Waals surface area contributed by atoms with E-state index >= 15 is 0 Å². The first-order valence-electron chi connectivity index (χ1n) is 9.64. The second-order valence-corrected chi connectivity index (χ2v) is 7.94. The number of carbonyl (C=O) groups is 1. The van der Waals surface area contributed by atoms with E-state index in [4.69, 9.17) is 9.47 Å². The maximum absolute atomic E-state index is 12.4. The third kappa shape index (κ3) is 5.54. The molecule has 0 saturated heterocycles. The van der Waals surface area contributed by atoms with Gasteiger partial charge in [-0.25, -0.2) is 0 Å². The second kappa shape index (κ2) is 10.2. The van der Waals surface area contributed by atoms with E-state index in [-0.39, 0.29) is 18.3 Å². The number of benzene rings is 2. The van der Waals surface area contributed by atoms with Crippen molar-refractivity contribution in [2.75, 3.05) is 18.2 Å². The van der Waals surface area contributed by atoms with E-state index in [0.29, 0.717) is 16.9 Å². The lowest BCUT2D eigenvalue weighted by molar-refractivity contribution is -0.113. The molecule has 2 aromatic carbocycles. The van der Waals surface area contributed by atoms with Gasteiger partial charge in [-0.3, -0.25) is 4.79 Å². The maximum Gasteiger partial charge on any atom is 0.234 e. The standard InChI is InChI=1S/C22H26N4O3S/c1-15(2)18-7-5-6-8-19(18)23-21(27)14-30-22-25-24-20(26(22)3)13-29-17-11-9-16(28-4)10-12-17/h5-12,15H,13-14H2,1-4H3,(H,23,27). The molecular weight excluding hydrogens is 400 g/mol. The highest BCUT2D eigenvalue weighted by Crippen LogP contribution is 2.24. The topological polar surface area (TPSA) is 78.3 Å². The van der Waals surface area contributed by atoms with Gasteiger partial charge in [-0.05, 0) is 41.8 Å². The lowest BCUT2D eigenvalue weighted by Gasteiger charge is -2.13. The smallest absolute Gasteiger partial charge is 0.234 e. The number of rotatable bonds is 9. The van der Waals surface area contributed by atoms with Crippen LogP contribution >= 0.6 is 11.8 Å². The molecule has 30 heavy (non-hydrogen) atoms. The molecule has 3 aromatic rings. The van der Waals surface area contributed by atoms with E-state index in [1.54, 1.807) is 7.11 Å². The van der Waals surface area contributed by atoms with Gasteiger partial charge in [0, 0.05) is 12.7 Å². The van der Waals surface area contributed by atoms with E-state index in [2.05, 4.69) is 29.4 Å². The molecule has 1 amide bonds. The number of thioether (sulfide) groups is 1. The number of methoxy groups -OCH3 is 1. The summed E-state index contributed by atoms with van der Waals surface area (Å²) in [6, 6.07) is 15.2. The summed E-state index contributed by atoms with van der Waals surface area (Å²) in [7, 11) is 3.49. The van der Waals surface area contributed by atoms with E-state index < -0.39 is 0 Å². The van der Waals surface area contributed by atoms with Crippen molar-refractivity contribution >= 4 is 23.4 Å². The van der Waals surface area contributed by atoms with Gasteiger partial charge in [-0.1, -0.05) is 43.8 Å². The fourth-order valence-electron chi connectivity index (χ4n) is 2.85. The second-order valence-electron chi connectivity index (χ2n) is 7.00. The Morgan fingerprint density at radius 2 is 1.80 bits per heavy atom. The Kier molecular flexibility index (Phi) is 7.35. The minimum absolute atomic E-state index is 0.0767. The van der Waals surface area contributed by atoms with Crippen LogP contribution in [-0.4, -0.2) is 33.5 Å². The van der Waals surface area contributed by atoms with Gasteiger partial charge in [0.1, 0.15) is 18.1 Å². The fraction of sp³-hybridized carbons (Fsp3) is 0.318. The zero-order valence-corrected chi connectivity index (χ0v) is 18.4. The molecular formula is C22H26N4O3S. The number of aromatic nitrogens is 3. The zero-order chi connectivity index (χ0) is 21.5. The van der Waals surface area contributed by atoms with Gasteiger partial charge < -0.3 is 19.4 Å². The average Bonchev–Trinajstić information content (AvgIpc) is 3.10. The molecule has 8 heteroatoms. The summed E-state index contributed by atoms with van der Waals surface area (Å²) in [4.78, 5) is 12.4. The van der Waals surface area contributed by atoms with Crippen LogP contribution in [0.25, 0.3) is 0 Å². The number of nitrogens with zero attached hydrogens (tertiary/aromatic N) is 3. The molecule has 0 spiro atoms. The van der Waals surface area contributed by atoms with Crippen LogP contribution in [0.5, 0.6) is 11.5 Å². The summed E-state index contributed by atoms with van der Waals surface area (Å²) >= 11 is 1.34. The number of hydrogen-bond donors (Lipinski definition) is 1. The van der Waals surface area contributed by atoms with E-state index in [0.717, 1.165) is 22.7 Å². The molecule has 1 N–H and O–H groups in total. The molecule has 0 atom stereocenters. The Balaban J connectivity index is 1.54. The highest BCUT2D eigenvalue weighted by molar-refractivity contribution is 7.99. The average molecular weight is 427 g/mol. The number of anilines is 1. The minimum atomic E-state index is -0.0767. The Bertz CT molecular complexity index is 986. The van der Waals surface area contributed by atoms with Gasteiger partial charge >= 0.3 is 0 Å². The first-order chi connectivity index (χ1) is 14.5. The van der Waals surface area contributed by atoms with Crippen molar-refractivity contribution in [3.05, 3.63) is 59.9 Å². The van der Waals surface area contributed by atoms with Crippen LogP contribution < -0.4 is 14.8 Å². The van der Waals surface area contributed by atoms with Crippen LogP contribution in [0.4, 0.5) is 5.69 Å². The number of nitrogens with one attached hydrogen (secondary N) is 1. The molecule has 1 heterocycles. The highest BCUT2D eigenvalue weighted by Gasteiger charge is 2.14. The first-order valence-corrected chi connectivity index (χ1v) is 10.6. The number of hydrogen-bond acceptors (Lipinski definition) is 6. The molecule has 7 nitrogen and oxygen atoms in total. The van der Waals surface area contributed by atoms with Crippen molar-refractivity contribution in [1.82, 2.24) is 14.8 Å². The van der Waals surface area contributed by atoms with Crippen molar-refractivity contribution < 1.29 is 14.3 Å². The SMILES string of the molecule is COc1ccc(OCc2nnc(SCC(=O)Nc3ccccc3C(C)C)n2C)cc1. The largest absolute Gasteiger partial charge is 0.497 e. The quantitative estimate of drug-likeness (QED) is 0.515. The van der Waals surface area contributed by atoms with Crippen LogP contribution in [0.2, 0.25) is 0 Å². The number of amides is 1. The van der Waals surface area contributed by atoms with Crippen molar-refractivity contribution in [2.45, 2.75) is 31.5 Å². The summed E-state index contributed by atoms with van der Waals surface area (Å²) in [5, 5.41) is 12.0. The van der Waals surface area contributed by atoms with Gasteiger partial charge in [0.25, 0.3) is 0 Å². The van der Waals surface area contributed by atoms with E-state index in [1.165, 1.54) is 11.8 Å². The van der Waals surface area contributed by atoms with Crippen LogP contribution in [0.1, 0.15) is 31.2 Å². The summed E-state index contributed by atoms with van der Waals surface area (Å²) < 4.78 is 12.7. The molecule has 3 rings (SSSR count). The first kappa shape index (κ1) is 21.7. The van der Waals surface area contributed by atoms with Crippen LogP contribution in [-0.2, 0) is 18.4 Å². The minimum Gasteiger partial charge on any atom is -0.497 e. The molecule has 0 bridgehead atoms. The van der Waals surface area contributed by atoms with Gasteiger partial charge in [0.15, 0.2) is 11.0 Å².